The molecular formula is C8H11N2Y-. The molecule has 0 unspecified atom stereocenters. The number of hydrogen-bond donors (Lipinski definition) is 2. The summed E-state index contributed by atoms with van der Waals surface area (Å²) in [5.41, 5.74) is 7.58. The molecule has 0 bridgehead atoms. The minimum atomic E-state index is 0. The molecule has 0 heterocycles. The van der Waals surface area contributed by atoms with Gasteiger partial charge in [-0.05, 0) is 13.6 Å². The fourth-order valence-corrected chi connectivity index (χ4v) is 0.821. The van der Waals surface area contributed by atoms with Crippen molar-refractivity contribution in [1.82, 2.24) is 5.32 Å². The van der Waals surface area contributed by atoms with E-state index in [0.717, 1.165) is 17.8 Å². The fourth-order valence-electron chi connectivity index (χ4n) is 0.821. The van der Waals surface area contributed by atoms with Crippen molar-refractivity contribution < 1.29 is 32.7 Å². The van der Waals surface area contributed by atoms with Crippen LogP contribution in [0.5, 0.6) is 0 Å². The van der Waals surface area contributed by atoms with E-state index in [-0.39, 0.29) is 32.7 Å². The molecule has 1 aromatic rings. The maximum absolute atomic E-state index is 5.65. The van der Waals surface area contributed by atoms with E-state index in [1.54, 1.807) is 0 Å². The average Bonchev–Trinajstić information content (AvgIpc) is 1.94. The Bertz CT molecular complexity index is 213. The largest absolute Gasteiger partial charge is 0.419 e. The predicted octanol–water partition coefficient (Wildman–Crippen LogP) is 0.786. The summed E-state index contributed by atoms with van der Waals surface area (Å²) in [6, 6.07) is 8.53. The SMILES string of the molecule is CNCc1c[c-]ccc1N.[Y]. The van der Waals surface area contributed by atoms with E-state index in [2.05, 4.69) is 11.4 Å². The van der Waals surface area contributed by atoms with Crippen molar-refractivity contribution in [2.24, 2.45) is 0 Å². The molecule has 3 heteroatoms. The van der Waals surface area contributed by atoms with Crippen LogP contribution in [0.3, 0.4) is 0 Å². The summed E-state index contributed by atoms with van der Waals surface area (Å²) in [4.78, 5) is 0. The summed E-state index contributed by atoms with van der Waals surface area (Å²) >= 11 is 0. The number of nitrogen functional groups attached to an aromatic ring is 1. The molecule has 2 nitrogen and oxygen atoms in total. The van der Waals surface area contributed by atoms with Crippen molar-refractivity contribution in [2.75, 3.05) is 12.8 Å². The molecule has 0 aliphatic carbocycles. The van der Waals surface area contributed by atoms with Crippen LogP contribution in [0, 0.1) is 6.07 Å². The van der Waals surface area contributed by atoms with Crippen LogP contribution in [-0.4, -0.2) is 7.05 Å². The molecule has 3 N–H and O–H groups in total. The van der Waals surface area contributed by atoms with E-state index in [1.807, 2.05) is 25.2 Å². The Morgan fingerprint density at radius 1 is 1.64 bits per heavy atom. The van der Waals surface area contributed by atoms with E-state index in [0.29, 0.717) is 0 Å². The third-order valence-electron chi connectivity index (χ3n) is 1.35. The Balaban J connectivity index is 0.000001000. The molecule has 0 atom stereocenters. The summed E-state index contributed by atoms with van der Waals surface area (Å²) in [6.45, 7) is 0.809. The van der Waals surface area contributed by atoms with Crippen LogP contribution in [0.15, 0.2) is 18.2 Å². The molecule has 0 aromatic heterocycles. The first-order valence-electron chi connectivity index (χ1n) is 3.23. The third kappa shape index (κ3) is 3.32. The van der Waals surface area contributed by atoms with E-state index in [9.17, 15) is 0 Å². The number of hydrogen-bond acceptors (Lipinski definition) is 2. The monoisotopic (exact) mass is 224 g/mol. The van der Waals surface area contributed by atoms with E-state index in [1.165, 1.54) is 0 Å². The maximum atomic E-state index is 5.65. The number of nitrogens with one attached hydrogen (secondary N) is 1. The van der Waals surface area contributed by atoms with Crippen molar-refractivity contribution in [3.05, 3.63) is 29.8 Å². The zero-order valence-corrected chi connectivity index (χ0v) is 9.43. The van der Waals surface area contributed by atoms with Gasteiger partial charge >= 0.3 is 0 Å². The number of nitrogens with two attached hydrogens (primary N) is 1. The maximum Gasteiger partial charge on any atom is 0 e. The Hall–Kier alpha value is 0.0839. The standard InChI is InChI=1S/C8H11N2.Y/c1-10-6-7-4-2-3-5-8(7)9;/h3-5,10H,6,9H2,1H3;/q-1;. The summed E-state index contributed by atoms with van der Waals surface area (Å²) in [5, 5.41) is 3.02. The van der Waals surface area contributed by atoms with Crippen LogP contribution in [0.1, 0.15) is 5.56 Å². The van der Waals surface area contributed by atoms with Gasteiger partial charge in [0.25, 0.3) is 0 Å². The molecule has 57 valence electrons. The second-order valence-corrected chi connectivity index (χ2v) is 2.16. The Kier molecular flexibility index (Phi) is 5.74. The minimum Gasteiger partial charge on any atom is -0.419 e. The fraction of sp³-hybridized carbons (Fsp3) is 0.250. The number of benzene rings is 1. The van der Waals surface area contributed by atoms with Gasteiger partial charge in [-0.1, -0.05) is 5.69 Å². The van der Waals surface area contributed by atoms with Crippen molar-refractivity contribution in [3.63, 3.8) is 0 Å². The summed E-state index contributed by atoms with van der Waals surface area (Å²) < 4.78 is 0. The van der Waals surface area contributed by atoms with Crippen LogP contribution < -0.4 is 11.1 Å². The summed E-state index contributed by atoms with van der Waals surface area (Å²) in [7, 11) is 1.90. The third-order valence-corrected chi connectivity index (χ3v) is 1.35. The molecule has 1 rings (SSSR count). The van der Waals surface area contributed by atoms with E-state index in [4.69, 9.17) is 5.73 Å². The van der Waals surface area contributed by atoms with Crippen LogP contribution in [0.2, 0.25) is 0 Å². The molecule has 0 aliphatic heterocycles. The molecule has 1 aromatic carbocycles. The van der Waals surface area contributed by atoms with Crippen molar-refractivity contribution >= 4 is 5.69 Å². The van der Waals surface area contributed by atoms with E-state index < -0.39 is 0 Å². The van der Waals surface area contributed by atoms with Gasteiger partial charge in [-0.3, -0.25) is 0 Å². The van der Waals surface area contributed by atoms with Crippen LogP contribution in [-0.2, 0) is 39.3 Å². The van der Waals surface area contributed by atoms with Gasteiger partial charge in [0.15, 0.2) is 0 Å². The van der Waals surface area contributed by atoms with Gasteiger partial charge in [0, 0.05) is 32.7 Å². The van der Waals surface area contributed by atoms with Crippen molar-refractivity contribution in [3.8, 4) is 0 Å². The van der Waals surface area contributed by atoms with Crippen LogP contribution in [0.4, 0.5) is 5.69 Å². The normalized spacial score (nSPS) is 8.82. The molecule has 0 aliphatic rings. The van der Waals surface area contributed by atoms with Gasteiger partial charge < -0.3 is 11.1 Å². The molecule has 0 amide bonds. The summed E-state index contributed by atoms with van der Waals surface area (Å²) in [6.07, 6.45) is 0. The van der Waals surface area contributed by atoms with Gasteiger partial charge in [-0.15, -0.1) is 11.6 Å². The first kappa shape index (κ1) is 11.1. The second kappa shape index (κ2) is 5.70. The average molecular weight is 224 g/mol. The smallest absolute Gasteiger partial charge is 0 e. The Labute approximate surface area is 92.4 Å². The zero-order valence-electron chi connectivity index (χ0n) is 6.59. The Morgan fingerprint density at radius 2 is 2.36 bits per heavy atom. The van der Waals surface area contributed by atoms with Gasteiger partial charge in [-0.25, -0.2) is 0 Å². The van der Waals surface area contributed by atoms with Crippen molar-refractivity contribution in [2.45, 2.75) is 6.54 Å². The molecule has 0 spiro atoms. The topological polar surface area (TPSA) is 38.0 Å². The predicted molar refractivity (Wildman–Crippen MR) is 42.5 cm³/mol. The van der Waals surface area contributed by atoms with Crippen molar-refractivity contribution in [1.29, 1.82) is 0 Å². The second-order valence-electron chi connectivity index (χ2n) is 2.16. The molecule has 0 saturated heterocycles. The minimum absolute atomic E-state index is 0. The number of rotatable bonds is 2. The first-order chi connectivity index (χ1) is 4.84. The molecule has 0 saturated carbocycles. The Morgan fingerprint density at radius 3 is 2.91 bits per heavy atom. The summed E-state index contributed by atoms with van der Waals surface area (Å²) in [5.74, 6) is 0. The molecular weight excluding hydrogens is 213 g/mol. The first-order valence-corrected chi connectivity index (χ1v) is 3.23. The molecule has 0 fully saturated rings. The molecule has 11 heavy (non-hydrogen) atoms. The van der Waals surface area contributed by atoms with Gasteiger partial charge in [-0.2, -0.15) is 18.2 Å². The van der Waals surface area contributed by atoms with Gasteiger partial charge in [0.1, 0.15) is 0 Å². The number of anilines is 1. The quantitative estimate of drug-likeness (QED) is 0.575. The van der Waals surface area contributed by atoms with Gasteiger partial charge in [0.05, 0.1) is 0 Å². The van der Waals surface area contributed by atoms with E-state index >= 15 is 0 Å². The van der Waals surface area contributed by atoms with Crippen LogP contribution in [0.25, 0.3) is 0 Å². The zero-order chi connectivity index (χ0) is 7.40. The molecule has 1 radical (unpaired) electrons. The van der Waals surface area contributed by atoms with Gasteiger partial charge in [0.2, 0.25) is 0 Å². The van der Waals surface area contributed by atoms with Crippen LogP contribution >= 0.6 is 0 Å².